The molecule has 118 valence electrons. The van der Waals surface area contributed by atoms with Crippen LogP contribution < -0.4 is 0 Å². The van der Waals surface area contributed by atoms with E-state index in [1.165, 1.54) is 0 Å². The summed E-state index contributed by atoms with van der Waals surface area (Å²) in [5.41, 5.74) is 0.635. The van der Waals surface area contributed by atoms with Crippen LogP contribution in [-0.2, 0) is 14.3 Å². The fourth-order valence-corrected chi connectivity index (χ4v) is 4.17. The molecule has 0 N–H and O–H groups in total. The summed E-state index contributed by atoms with van der Waals surface area (Å²) in [5, 5.41) is 0. The van der Waals surface area contributed by atoms with Gasteiger partial charge in [-0.3, -0.25) is 9.59 Å². The van der Waals surface area contributed by atoms with Crippen molar-refractivity contribution in [1.29, 1.82) is 0 Å². The van der Waals surface area contributed by atoms with Crippen LogP contribution in [-0.4, -0.2) is 18.4 Å². The van der Waals surface area contributed by atoms with E-state index >= 15 is 0 Å². The second-order valence-electron chi connectivity index (χ2n) is 7.24. The highest BCUT2D eigenvalue weighted by molar-refractivity contribution is 6.05. The van der Waals surface area contributed by atoms with Crippen molar-refractivity contribution in [3.05, 3.63) is 11.6 Å². The zero-order valence-corrected chi connectivity index (χ0v) is 14.0. The summed E-state index contributed by atoms with van der Waals surface area (Å²) < 4.78 is 5.16. The number of hydrogen-bond acceptors (Lipinski definition) is 3. The molecule has 2 rings (SSSR count). The van der Waals surface area contributed by atoms with Crippen LogP contribution in [0.3, 0.4) is 0 Å². The van der Waals surface area contributed by atoms with E-state index in [9.17, 15) is 9.59 Å². The van der Waals surface area contributed by atoms with Gasteiger partial charge in [0.25, 0.3) is 0 Å². The van der Waals surface area contributed by atoms with Gasteiger partial charge in [-0.2, -0.15) is 0 Å². The Labute approximate surface area is 128 Å². The molecule has 3 nitrogen and oxygen atoms in total. The molecule has 2 saturated carbocycles. The smallest absolute Gasteiger partial charge is 0.312 e. The van der Waals surface area contributed by atoms with Crippen molar-refractivity contribution in [2.24, 2.45) is 22.7 Å². The summed E-state index contributed by atoms with van der Waals surface area (Å²) in [7, 11) is 0. The topological polar surface area (TPSA) is 43.4 Å². The van der Waals surface area contributed by atoms with Crippen LogP contribution in [0, 0.1) is 22.7 Å². The highest BCUT2D eigenvalue weighted by Crippen LogP contribution is 2.65. The van der Waals surface area contributed by atoms with E-state index < -0.39 is 0 Å². The first-order chi connectivity index (χ1) is 9.79. The second-order valence-corrected chi connectivity index (χ2v) is 7.24. The molecular weight excluding hydrogens is 264 g/mol. The number of carbonyl (C=O) groups excluding carboxylic acids is 2. The van der Waals surface area contributed by atoms with Crippen LogP contribution in [0.2, 0.25) is 0 Å². The van der Waals surface area contributed by atoms with E-state index in [0.29, 0.717) is 12.5 Å². The number of rotatable bonds is 5. The van der Waals surface area contributed by atoms with E-state index in [2.05, 4.69) is 27.7 Å². The molecule has 0 aromatic rings. The fraction of sp³-hybridized carbons (Fsp3) is 0.778. The Morgan fingerprint density at radius 3 is 2.52 bits per heavy atom. The lowest BCUT2D eigenvalue weighted by Gasteiger charge is -2.31. The van der Waals surface area contributed by atoms with Gasteiger partial charge in [-0.15, -0.1) is 0 Å². The van der Waals surface area contributed by atoms with Gasteiger partial charge >= 0.3 is 5.97 Å². The lowest BCUT2D eigenvalue weighted by atomic mass is 9.70. The molecule has 0 heterocycles. The Bertz CT molecular complexity index is 475. The molecular formula is C18H28O3. The lowest BCUT2D eigenvalue weighted by molar-refractivity contribution is -0.146. The SMILES string of the molecule is CCC[C@@H](/C=C1/C(=O)[C@]2(C)CC[C@@H]1C2(C)C)C(=O)OCC. The Hall–Kier alpha value is -1.12. The number of carbonyl (C=O) groups is 2. The van der Waals surface area contributed by atoms with Gasteiger partial charge in [0, 0.05) is 5.41 Å². The van der Waals surface area contributed by atoms with Gasteiger partial charge in [-0.25, -0.2) is 0 Å². The summed E-state index contributed by atoms with van der Waals surface area (Å²) in [4.78, 5) is 24.9. The van der Waals surface area contributed by atoms with Gasteiger partial charge in [0.1, 0.15) is 0 Å². The number of Topliss-reactive ketones (excluding diaryl/α,β-unsaturated/α-hetero) is 1. The summed E-state index contributed by atoms with van der Waals surface area (Å²) in [6.45, 7) is 10.8. The molecule has 0 spiro atoms. The number of hydrogen-bond donors (Lipinski definition) is 0. The van der Waals surface area contributed by atoms with Gasteiger partial charge in [0.15, 0.2) is 5.78 Å². The van der Waals surface area contributed by atoms with Crippen molar-refractivity contribution < 1.29 is 14.3 Å². The summed E-state index contributed by atoms with van der Waals surface area (Å²) in [6, 6.07) is 0. The predicted octanol–water partition coefficient (Wildman–Crippen LogP) is 3.92. The molecule has 0 radical (unpaired) electrons. The Balaban J connectivity index is 2.32. The number of esters is 1. The minimum Gasteiger partial charge on any atom is -0.466 e. The molecule has 21 heavy (non-hydrogen) atoms. The molecule has 3 heteroatoms. The maximum absolute atomic E-state index is 12.8. The minimum atomic E-state index is -0.271. The standard InChI is InChI=1S/C18H28O3/c1-6-8-12(16(20)21-7-2)11-13-14-9-10-18(5,15(13)19)17(14,3)4/h11-12,14H,6-10H2,1-5H3/b13-11+/t12-,14-,18-/m0/s1. The number of fused-ring (bicyclic) bond motifs is 2. The van der Waals surface area contributed by atoms with E-state index in [4.69, 9.17) is 4.74 Å². The number of ether oxygens (including phenoxy) is 1. The fourth-order valence-electron chi connectivity index (χ4n) is 4.17. The van der Waals surface area contributed by atoms with Crippen LogP contribution in [0.25, 0.3) is 0 Å². The van der Waals surface area contributed by atoms with E-state index in [-0.39, 0.29) is 28.5 Å². The first kappa shape index (κ1) is 16.3. The Morgan fingerprint density at radius 2 is 2.05 bits per heavy atom. The average molecular weight is 292 g/mol. The average Bonchev–Trinajstić information content (AvgIpc) is 2.72. The van der Waals surface area contributed by atoms with Gasteiger partial charge in [0.05, 0.1) is 12.5 Å². The molecule has 0 aliphatic heterocycles. The molecule has 2 aliphatic rings. The monoisotopic (exact) mass is 292 g/mol. The van der Waals surface area contributed by atoms with Crippen molar-refractivity contribution in [1.82, 2.24) is 0 Å². The highest BCUT2D eigenvalue weighted by atomic mass is 16.5. The van der Waals surface area contributed by atoms with Gasteiger partial charge in [-0.05, 0) is 43.1 Å². The first-order valence-electron chi connectivity index (χ1n) is 8.22. The maximum atomic E-state index is 12.8. The van der Waals surface area contributed by atoms with Gasteiger partial charge in [-0.1, -0.05) is 40.2 Å². The minimum absolute atomic E-state index is 0.00133. The van der Waals surface area contributed by atoms with Crippen LogP contribution in [0.15, 0.2) is 11.6 Å². The van der Waals surface area contributed by atoms with Crippen LogP contribution in [0.4, 0.5) is 0 Å². The van der Waals surface area contributed by atoms with E-state index in [0.717, 1.165) is 31.3 Å². The third-order valence-corrected chi connectivity index (χ3v) is 5.93. The quantitative estimate of drug-likeness (QED) is 0.570. The molecule has 2 fully saturated rings. The Morgan fingerprint density at radius 1 is 1.38 bits per heavy atom. The number of allylic oxidation sites excluding steroid dienone is 1. The molecule has 2 bridgehead atoms. The normalized spacial score (nSPS) is 33.5. The molecule has 2 aliphatic carbocycles. The largest absolute Gasteiger partial charge is 0.466 e. The summed E-state index contributed by atoms with van der Waals surface area (Å²) in [5.74, 6) is 0.0935. The third kappa shape index (κ3) is 2.35. The maximum Gasteiger partial charge on any atom is 0.312 e. The van der Waals surface area contributed by atoms with Crippen LogP contribution in [0.1, 0.15) is 60.3 Å². The highest BCUT2D eigenvalue weighted by Gasteiger charge is 2.63. The van der Waals surface area contributed by atoms with Crippen LogP contribution >= 0.6 is 0 Å². The third-order valence-electron chi connectivity index (χ3n) is 5.93. The number of ketones is 1. The van der Waals surface area contributed by atoms with Crippen molar-refractivity contribution >= 4 is 11.8 Å². The van der Waals surface area contributed by atoms with E-state index in [1.54, 1.807) is 0 Å². The van der Waals surface area contributed by atoms with Crippen molar-refractivity contribution in [2.45, 2.75) is 60.3 Å². The molecule has 0 aromatic heterocycles. The molecule has 0 aromatic carbocycles. The van der Waals surface area contributed by atoms with Gasteiger partial charge < -0.3 is 4.74 Å². The predicted molar refractivity (Wildman–Crippen MR) is 82.7 cm³/mol. The van der Waals surface area contributed by atoms with Crippen LogP contribution in [0.5, 0.6) is 0 Å². The van der Waals surface area contributed by atoms with Gasteiger partial charge in [0.2, 0.25) is 0 Å². The first-order valence-corrected chi connectivity index (χ1v) is 8.22. The summed E-state index contributed by atoms with van der Waals surface area (Å²) >= 11 is 0. The summed E-state index contributed by atoms with van der Waals surface area (Å²) in [6.07, 6.45) is 5.62. The lowest BCUT2D eigenvalue weighted by Crippen LogP contribution is -2.32. The molecule has 0 amide bonds. The second kappa shape index (κ2) is 5.58. The zero-order valence-electron chi connectivity index (χ0n) is 14.0. The van der Waals surface area contributed by atoms with E-state index in [1.807, 2.05) is 13.0 Å². The molecule has 0 unspecified atom stereocenters. The zero-order chi connectivity index (χ0) is 15.8. The molecule has 0 saturated heterocycles. The van der Waals surface area contributed by atoms with Crippen molar-refractivity contribution in [3.63, 3.8) is 0 Å². The molecule has 3 atom stereocenters. The van der Waals surface area contributed by atoms with Crippen molar-refractivity contribution in [2.75, 3.05) is 6.61 Å². The Kier molecular flexibility index (Phi) is 4.32. The van der Waals surface area contributed by atoms with Crippen molar-refractivity contribution in [3.8, 4) is 0 Å².